The lowest BCUT2D eigenvalue weighted by molar-refractivity contribution is -0.143. The average Bonchev–Trinajstić information content (AvgIpc) is 2.85. The summed E-state index contributed by atoms with van der Waals surface area (Å²) in [4.78, 5) is 28.5. The van der Waals surface area contributed by atoms with Gasteiger partial charge in [-0.05, 0) is 17.2 Å². The molecule has 0 aliphatic rings. The van der Waals surface area contributed by atoms with E-state index < -0.39 is 6.04 Å². The van der Waals surface area contributed by atoms with Gasteiger partial charge in [0.2, 0.25) is 11.8 Å². The van der Waals surface area contributed by atoms with Crippen LogP contribution in [0.25, 0.3) is 0 Å². The fraction of sp³-hybridized carbons (Fsp3) is 0.286. The Balaban J connectivity index is 1.89. The predicted molar refractivity (Wildman–Crippen MR) is 131 cm³/mol. The highest BCUT2D eigenvalue weighted by Crippen LogP contribution is 2.19. The van der Waals surface area contributed by atoms with Crippen molar-refractivity contribution in [3.05, 3.63) is 102 Å². The quantitative estimate of drug-likeness (QED) is 0.497. The van der Waals surface area contributed by atoms with Crippen molar-refractivity contribution in [3.8, 4) is 5.75 Å². The highest BCUT2D eigenvalue weighted by atomic mass is 16.5. The third kappa shape index (κ3) is 6.69. The summed E-state index contributed by atoms with van der Waals surface area (Å²) < 4.78 is 5.41. The Hall–Kier alpha value is -3.60. The lowest BCUT2D eigenvalue weighted by atomic mass is 10.0. The Labute approximate surface area is 196 Å². The molecule has 0 aliphatic heterocycles. The van der Waals surface area contributed by atoms with Gasteiger partial charge >= 0.3 is 0 Å². The fourth-order valence-corrected chi connectivity index (χ4v) is 3.78. The van der Waals surface area contributed by atoms with E-state index in [9.17, 15) is 9.59 Å². The van der Waals surface area contributed by atoms with Gasteiger partial charge in [-0.3, -0.25) is 9.59 Å². The Bertz CT molecular complexity index is 1040. The molecule has 0 heterocycles. The van der Waals surface area contributed by atoms with E-state index in [2.05, 4.69) is 5.32 Å². The lowest BCUT2D eigenvalue weighted by Crippen LogP contribution is -2.51. The van der Waals surface area contributed by atoms with E-state index in [0.717, 1.165) is 22.4 Å². The van der Waals surface area contributed by atoms with Crippen LogP contribution in [0.5, 0.6) is 5.75 Å². The van der Waals surface area contributed by atoms with E-state index >= 15 is 0 Å². The molecule has 5 nitrogen and oxygen atoms in total. The average molecular weight is 445 g/mol. The number of methoxy groups -OCH3 is 1. The van der Waals surface area contributed by atoms with Crippen LogP contribution < -0.4 is 10.1 Å². The Morgan fingerprint density at radius 1 is 0.848 bits per heavy atom. The van der Waals surface area contributed by atoms with E-state index in [1.165, 1.54) is 0 Å². The number of ether oxygens (including phenoxy) is 1. The van der Waals surface area contributed by atoms with Crippen LogP contribution in [0.3, 0.4) is 0 Å². The molecule has 0 bridgehead atoms. The first-order chi connectivity index (χ1) is 16.0. The molecule has 0 fully saturated rings. The number of nitrogens with zero attached hydrogens (tertiary/aromatic N) is 1. The van der Waals surface area contributed by atoms with Gasteiger partial charge in [-0.1, -0.05) is 92.7 Å². The van der Waals surface area contributed by atoms with Crippen LogP contribution in [0.4, 0.5) is 0 Å². The number of carbonyl (C=O) groups excluding carboxylic acids is 2. The van der Waals surface area contributed by atoms with Gasteiger partial charge < -0.3 is 15.0 Å². The van der Waals surface area contributed by atoms with Gasteiger partial charge in [0.05, 0.1) is 7.11 Å². The maximum atomic E-state index is 13.5. The molecular weight excluding hydrogens is 412 g/mol. The van der Waals surface area contributed by atoms with Crippen molar-refractivity contribution >= 4 is 11.8 Å². The summed E-state index contributed by atoms with van der Waals surface area (Å²) in [6.07, 6.45) is 0.434. The zero-order chi connectivity index (χ0) is 23.6. The van der Waals surface area contributed by atoms with Crippen molar-refractivity contribution in [3.63, 3.8) is 0 Å². The number of hydrogen-bond acceptors (Lipinski definition) is 3. The Morgan fingerprint density at radius 3 is 2.03 bits per heavy atom. The smallest absolute Gasteiger partial charge is 0.243 e. The van der Waals surface area contributed by atoms with Crippen LogP contribution in [0.15, 0.2) is 84.9 Å². The summed E-state index contributed by atoms with van der Waals surface area (Å²) in [5.41, 5.74) is 2.88. The molecule has 0 aliphatic carbocycles. The van der Waals surface area contributed by atoms with Crippen LogP contribution in [0, 0.1) is 5.92 Å². The van der Waals surface area contributed by atoms with Gasteiger partial charge in [-0.15, -0.1) is 0 Å². The number of para-hydroxylation sites is 1. The lowest BCUT2D eigenvalue weighted by Gasteiger charge is -2.33. The molecule has 0 spiro atoms. The Kier molecular flexibility index (Phi) is 8.64. The Morgan fingerprint density at radius 2 is 1.42 bits per heavy atom. The standard InChI is InChI=1S/C28H32N2O3/c1-21(2)28(32)30(20-23-14-8-5-9-15-23)25(18-22-12-6-4-7-13-22)27(31)29-19-24-16-10-11-17-26(24)33-3/h4-17,21,25H,18-20H2,1-3H3,(H,29,31). The van der Waals surface area contributed by atoms with E-state index in [1.807, 2.05) is 98.8 Å². The molecule has 1 N–H and O–H groups in total. The largest absolute Gasteiger partial charge is 0.496 e. The molecule has 3 aromatic carbocycles. The minimum atomic E-state index is -0.641. The zero-order valence-corrected chi connectivity index (χ0v) is 19.5. The maximum absolute atomic E-state index is 13.5. The monoisotopic (exact) mass is 444 g/mol. The van der Waals surface area contributed by atoms with Crippen LogP contribution in [0.2, 0.25) is 0 Å². The van der Waals surface area contributed by atoms with Gasteiger partial charge in [-0.2, -0.15) is 0 Å². The summed E-state index contributed by atoms with van der Waals surface area (Å²) in [5.74, 6) is 0.257. The van der Waals surface area contributed by atoms with E-state index in [-0.39, 0.29) is 17.7 Å². The first-order valence-corrected chi connectivity index (χ1v) is 11.3. The van der Waals surface area contributed by atoms with Gasteiger partial charge in [0, 0.05) is 31.0 Å². The molecule has 3 rings (SSSR count). The molecule has 33 heavy (non-hydrogen) atoms. The second-order valence-electron chi connectivity index (χ2n) is 8.34. The summed E-state index contributed by atoms with van der Waals surface area (Å²) >= 11 is 0. The van der Waals surface area contributed by atoms with Gasteiger partial charge in [0.25, 0.3) is 0 Å². The molecule has 0 saturated heterocycles. The number of carbonyl (C=O) groups is 2. The van der Waals surface area contributed by atoms with Crippen LogP contribution in [-0.2, 0) is 29.1 Å². The van der Waals surface area contributed by atoms with Crippen LogP contribution in [-0.4, -0.2) is 29.9 Å². The molecule has 0 saturated carbocycles. The van der Waals surface area contributed by atoms with Crippen molar-refractivity contribution in [1.29, 1.82) is 0 Å². The van der Waals surface area contributed by atoms with Crippen LogP contribution >= 0.6 is 0 Å². The number of amides is 2. The van der Waals surface area contributed by atoms with Crippen molar-refractivity contribution in [2.75, 3.05) is 7.11 Å². The highest BCUT2D eigenvalue weighted by molar-refractivity contribution is 5.88. The molecular formula is C28H32N2O3. The molecule has 1 atom stereocenters. The number of rotatable bonds is 10. The zero-order valence-electron chi connectivity index (χ0n) is 19.5. The number of hydrogen-bond donors (Lipinski definition) is 1. The van der Waals surface area contributed by atoms with Crippen molar-refractivity contribution in [2.45, 2.75) is 39.4 Å². The first kappa shape index (κ1) is 24.1. The van der Waals surface area contributed by atoms with Crippen molar-refractivity contribution in [2.24, 2.45) is 5.92 Å². The summed E-state index contributed by atoms with van der Waals surface area (Å²) in [5, 5.41) is 3.04. The molecule has 5 heteroatoms. The third-order valence-corrected chi connectivity index (χ3v) is 5.57. The topological polar surface area (TPSA) is 58.6 Å². The number of benzene rings is 3. The predicted octanol–water partition coefficient (Wildman–Crippen LogP) is 4.61. The summed E-state index contributed by atoms with van der Waals surface area (Å²) in [6.45, 7) is 4.43. The fourth-order valence-electron chi connectivity index (χ4n) is 3.78. The molecule has 0 aromatic heterocycles. The second kappa shape index (κ2) is 11.9. The van der Waals surface area contributed by atoms with Gasteiger partial charge in [0.15, 0.2) is 0 Å². The normalized spacial score (nSPS) is 11.6. The van der Waals surface area contributed by atoms with E-state index in [0.29, 0.717) is 19.5 Å². The van der Waals surface area contributed by atoms with Crippen molar-refractivity contribution in [1.82, 2.24) is 10.2 Å². The summed E-state index contributed by atoms with van der Waals surface area (Å²) in [6, 6.07) is 26.6. The second-order valence-corrected chi connectivity index (χ2v) is 8.34. The third-order valence-electron chi connectivity index (χ3n) is 5.57. The highest BCUT2D eigenvalue weighted by Gasteiger charge is 2.31. The van der Waals surface area contributed by atoms with Crippen molar-refractivity contribution < 1.29 is 14.3 Å². The minimum Gasteiger partial charge on any atom is -0.496 e. The molecule has 1 unspecified atom stereocenters. The van der Waals surface area contributed by atoms with Gasteiger partial charge in [-0.25, -0.2) is 0 Å². The molecule has 2 amide bonds. The van der Waals surface area contributed by atoms with E-state index in [4.69, 9.17) is 4.74 Å². The maximum Gasteiger partial charge on any atom is 0.243 e. The van der Waals surface area contributed by atoms with E-state index in [1.54, 1.807) is 12.0 Å². The summed E-state index contributed by atoms with van der Waals surface area (Å²) in [7, 11) is 1.61. The SMILES string of the molecule is COc1ccccc1CNC(=O)C(Cc1ccccc1)N(Cc1ccccc1)C(=O)C(C)C. The number of nitrogens with one attached hydrogen (secondary N) is 1. The molecule has 0 radical (unpaired) electrons. The molecule has 172 valence electrons. The van der Waals surface area contributed by atoms with Gasteiger partial charge in [0.1, 0.15) is 11.8 Å². The molecule has 3 aromatic rings. The minimum absolute atomic E-state index is 0.0489. The van der Waals surface area contributed by atoms with Crippen LogP contribution in [0.1, 0.15) is 30.5 Å². The first-order valence-electron chi connectivity index (χ1n) is 11.3.